The molecule has 0 fully saturated rings. The lowest BCUT2D eigenvalue weighted by Crippen LogP contribution is -2.74. The molecule has 0 heterocycles. The second-order valence-corrected chi connectivity index (χ2v) is 5.48. The third-order valence-corrected chi connectivity index (χ3v) is 3.42. The molecule has 0 saturated heterocycles. The lowest BCUT2D eigenvalue weighted by Gasteiger charge is -2.42. The highest BCUT2D eigenvalue weighted by Gasteiger charge is 2.95. The van der Waals surface area contributed by atoms with Crippen LogP contribution in [-0.2, 0) is 9.78 Å². The van der Waals surface area contributed by atoms with Gasteiger partial charge >= 0.3 is 47.6 Å². The van der Waals surface area contributed by atoms with Crippen LogP contribution in [0.2, 0.25) is 0 Å². The number of alkyl halides is 17. The van der Waals surface area contributed by atoms with Gasteiger partial charge in [-0.3, -0.25) is 0 Å². The van der Waals surface area contributed by atoms with E-state index in [1.54, 1.807) is 0 Å². The molecule has 0 rings (SSSR count). The first kappa shape index (κ1) is 29.3. The summed E-state index contributed by atoms with van der Waals surface area (Å²) in [5.41, 5.74) is 0. The number of hydrogen-bond donors (Lipinski definition) is 0. The van der Waals surface area contributed by atoms with Crippen LogP contribution >= 0.6 is 0 Å². The summed E-state index contributed by atoms with van der Waals surface area (Å²) in [7, 11) is 0. The molecule has 0 aliphatic heterocycles. The topological polar surface area (TPSA) is 18.5 Å². The average Bonchev–Trinajstić information content (AvgIpc) is 2.56. The van der Waals surface area contributed by atoms with Gasteiger partial charge in [-0.1, -0.05) is 6.58 Å². The van der Waals surface area contributed by atoms with Crippen LogP contribution in [0.1, 0.15) is 6.42 Å². The van der Waals surface area contributed by atoms with Gasteiger partial charge in [0.2, 0.25) is 0 Å². The summed E-state index contributed by atoms with van der Waals surface area (Å²) in [5.74, 6) is -56.4. The van der Waals surface area contributed by atoms with Crippen molar-refractivity contribution in [3.8, 4) is 0 Å². The van der Waals surface area contributed by atoms with Crippen molar-refractivity contribution in [2.75, 3.05) is 6.61 Å². The van der Waals surface area contributed by atoms with Gasteiger partial charge in [0.25, 0.3) is 0 Å². The Morgan fingerprint density at radius 1 is 0.516 bits per heavy atom. The van der Waals surface area contributed by atoms with E-state index < -0.39 is 60.7 Å². The highest BCUT2D eigenvalue weighted by molar-refractivity contribution is 5.15. The molecule has 19 heteroatoms. The molecule has 0 spiro atoms. The van der Waals surface area contributed by atoms with Crippen LogP contribution in [0.3, 0.4) is 0 Å². The fourth-order valence-electron chi connectivity index (χ4n) is 1.62. The van der Waals surface area contributed by atoms with E-state index in [9.17, 15) is 74.6 Å². The third kappa shape index (κ3) is 4.20. The lowest BCUT2D eigenvalue weighted by molar-refractivity contribution is -0.462. The molecule has 186 valence electrons. The first-order valence-electron chi connectivity index (χ1n) is 6.92. The zero-order valence-corrected chi connectivity index (χ0v) is 13.9. The quantitative estimate of drug-likeness (QED) is 0.105. The van der Waals surface area contributed by atoms with Gasteiger partial charge in [-0.05, 0) is 0 Å². The van der Waals surface area contributed by atoms with Crippen molar-refractivity contribution in [3.63, 3.8) is 0 Å². The molecular weight excluding hydrogens is 499 g/mol. The van der Waals surface area contributed by atoms with Gasteiger partial charge in [-0.25, -0.2) is 0 Å². The van der Waals surface area contributed by atoms with Gasteiger partial charge in [0.1, 0.15) is 6.26 Å². The summed E-state index contributed by atoms with van der Waals surface area (Å²) >= 11 is 0. The normalized spacial score (nSPS) is 15.8. The predicted molar refractivity (Wildman–Crippen MR) is 62.5 cm³/mol. The van der Waals surface area contributed by atoms with Gasteiger partial charge < -0.3 is 4.89 Å². The third-order valence-electron chi connectivity index (χ3n) is 3.42. The van der Waals surface area contributed by atoms with Crippen molar-refractivity contribution in [2.45, 2.75) is 54.1 Å². The van der Waals surface area contributed by atoms with Gasteiger partial charge in [-0.2, -0.15) is 79.5 Å². The van der Waals surface area contributed by atoms with E-state index in [1.807, 2.05) is 0 Å². The fourth-order valence-corrected chi connectivity index (χ4v) is 1.62. The van der Waals surface area contributed by atoms with Crippen LogP contribution in [0, 0.1) is 0 Å². The Morgan fingerprint density at radius 2 is 0.839 bits per heavy atom. The molecule has 31 heavy (non-hydrogen) atoms. The maximum absolute atomic E-state index is 13.4. The Labute approximate surface area is 159 Å². The van der Waals surface area contributed by atoms with Crippen LogP contribution < -0.4 is 0 Å². The van der Waals surface area contributed by atoms with Crippen molar-refractivity contribution >= 4 is 0 Å². The van der Waals surface area contributed by atoms with E-state index in [0.717, 1.165) is 0 Å². The maximum atomic E-state index is 13.4. The Bertz CT molecular complexity index is 636. The van der Waals surface area contributed by atoms with Crippen LogP contribution in [-0.4, -0.2) is 54.2 Å². The Hall–Kier alpha value is -1.69. The molecule has 0 unspecified atom stereocenters. The largest absolute Gasteiger partial charge is 0.460 e. The Morgan fingerprint density at radius 3 is 1.16 bits per heavy atom. The minimum absolute atomic E-state index is 0.294. The minimum atomic E-state index is -8.63. The molecular formula is C12H7F17O2. The summed E-state index contributed by atoms with van der Waals surface area (Å²) < 4.78 is 220. The predicted octanol–water partition coefficient (Wildman–Crippen LogP) is 6.48. The zero-order valence-electron chi connectivity index (χ0n) is 13.9. The van der Waals surface area contributed by atoms with Crippen LogP contribution in [0.5, 0.6) is 0 Å². The molecule has 0 amide bonds. The van der Waals surface area contributed by atoms with E-state index in [1.165, 1.54) is 0 Å². The molecule has 2 nitrogen and oxygen atoms in total. The summed E-state index contributed by atoms with van der Waals surface area (Å²) in [4.78, 5) is 7.16. The number of hydrogen-bond acceptors (Lipinski definition) is 2. The van der Waals surface area contributed by atoms with Crippen molar-refractivity contribution in [1.29, 1.82) is 0 Å². The van der Waals surface area contributed by atoms with Crippen molar-refractivity contribution < 1.29 is 84.4 Å². The van der Waals surface area contributed by atoms with Crippen molar-refractivity contribution in [1.82, 2.24) is 0 Å². The molecule has 0 aromatic rings. The summed E-state index contributed by atoms with van der Waals surface area (Å²) in [6.07, 6.45) is -10.2. The van der Waals surface area contributed by atoms with E-state index >= 15 is 0 Å². The minimum Gasteiger partial charge on any atom is -0.346 e. The first-order chi connectivity index (χ1) is 13.3. The second kappa shape index (κ2) is 8.02. The molecule has 0 aromatic heterocycles. The van der Waals surface area contributed by atoms with Crippen molar-refractivity contribution in [2.24, 2.45) is 0 Å². The molecule has 0 saturated carbocycles. The van der Waals surface area contributed by atoms with E-state index in [4.69, 9.17) is 0 Å². The van der Waals surface area contributed by atoms with Gasteiger partial charge in [0, 0.05) is 6.42 Å². The zero-order chi connectivity index (χ0) is 25.5. The molecule has 0 atom stereocenters. The van der Waals surface area contributed by atoms with Crippen molar-refractivity contribution in [3.05, 3.63) is 12.8 Å². The Kier molecular flexibility index (Phi) is 7.58. The second-order valence-electron chi connectivity index (χ2n) is 5.48. The van der Waals surface area contributed by atoms with Gasteiger partial charge in [0.05, 0.1) is 6.61 Å². The number of rotatable bonds is 11. The van der Waals surface area contributed by atoms with E-state index in [2.05, 4.69) is 16.4 Å². The van der Waals surface area contributed by atoms with Crippen LogP contribution in [0.25, 0.3) is 0 Å². The summed E-state index contributed by atoms with van der Waals surface area (Å²) in [5, 5.41) is 0. The Balaban J connectivity index is 6.40. The molecule has 0 aromatic carbocycles. The standard InChI is InChI=1S/C12H7F17O2/c1-2-30-31-4-3-5(13,14)6(15,16)7(17,18)8(19,20)9(21,22)10(23,24)11(25,26)12(27,28)29/h2H,1,3-4H2. The summed E-state index contributed by atoms with van der Waals surface area (Å²) in [6, 6.07) is 0. The van der Waals surface area contributed by atoms with Gasteiger partial charge in [0.15, 0.2) is 0 Å². The highest BCUT2D eigenvalue weighted by Crippen LogP contribution is 2.64. The first-order valence-corrected chi connectivity index (χ1v) is 6.92. The van der Waals surface area contributed by atoms with E-state index in [-0.39, 0.29) is 0 Å². The maximum Gasteiger partial charge on any atom is 0.460 e. The molecule has 0 aliphatic carbocycles. The highest BCUT2D eigenvalue weighted by atomic mass is 19.4. The van der Waals surface area contributed by atoms with Crippen LogP contribution in [0.4, 0.5) is 74.6 Å². The van der Waals surface area contributed by atoms with Crippen LogP contribution in [0.15, 0.2) is 12.8 Å². The summed E-state index contributed by atoms with van der Waals surface area (Å²) in [6.45, 7) is 0.852. The number of halogens is 17. The fraction of sp³-hybridized carbons (Fsp3) is 0.833. The monoisotopic (exact) mass is 506 g/mol. The molecule has 0 bridgehead atoms. The molecule has 0 aliphatic rings. The average molecular weight is 506 g/mol. The molecule has 0 radical (unpaired) electrons. The van der Waals surface area contributed by atoms with E-state index in [0.29, 0.717) is 6.26 Å². The van der Waals surface area contributed by atoms with Gasteiger partial charge in [-0.15, -0.1) is 0 Å². The smallest absolute Gasteiger partial charge is 0.346 e. The molecule has 0 N–H and O–H groups in total. The lowest BCUT2D eigenvalue weighted by atomic mass is 9.88. The SMILES string of the molecule is C=COOCCC(F)(F)C(F)(F)C(F)(F)C(F)(F)C(F)(F)C(F)(F)C(F)(F)C(F)(F)F.